The van der Waals surface area contributed by atoms with Crippen LogP contribution >= 0.6 is 15.9 Å². The molecule has 112 valence electrons. The van der Waals surface area contributed by atoms with Crippen molar-refractivity contribution in [2.75, 3.05) is 14.2 Å². The minimum Gasteiger partial charge on any atom is -0.497 e. The van der Waals surface area contributed by atoms with Crippen molar-refractivity contribution in [3.63, 3.8) is 0 Å². The number of rotatable bonds is 4. The van der Waals surface area contributed by atoms with Crippen LogP contribution in [-0.4, -0.2) is 14.2 Å². The SMILES string of the molecule is CNC(c1ccc(OC)cc1F)c1ccc(F)c(F)c1Br. The Bertz CT molecular complexity index is 664. The average Bonchev–Trinajstić information content (AvgIpc) is 2.49. The van der Waals surface area contributed by atoms with Crippen LogP contribution in [0.2, 0.25) is 0 Å². The van der Waals surface area contributed by atoms with Gasteiger partial charge in [0.15, 0.2) is 11.6 Å². The zero-order chi connectivity index (χ0) is 15.6. The highest BCUT2D eigenvalue weighted by Crippen LogP contribution is 2.33. The molecule has 0 aliphatic heterocycles. The maximum absolute atomic E-state index is 14.2. The van der Waals surface area contributed by atoms with E-state index in [1.165, 1.54) is 19.2 Å². The molecule has 0 heterocycles. The van der Waals surface area contributed by atoms with E-state index in [-0.39, 0.29) is 4.47 Å². The maximum Gasteiger partial charge on any atom is 0.173 e. The molecule has 21 heavy (non-hydrogen) atoms. The van der Waals surface area contributed by atoms with Gasteiger partial charge in [-0.3, -0.25) is 0 Å². The standard InChI is InChI=1S/C15H13BrF3NO/c1-20-15(9-4-3-8(21-2)7-12(9)18)10-5-6-11(17)14(19)13(10)16/h3-7,15,20H,1-2H3. The second-order valence-electron chi connectivity index (χ2n) is 4.37. The lowest BCUT2D eigenvalue weighted by molar-refractivity contribution is 0.410. The number of ether oxygens (including phenoxy) is 1. The second-order valence-corrected chi connectivity index (χ2v) is 5.17. The van der Waals surface area contributed by atoms with Crippen LogP contribution in [0.5, 0.6) is 5.75 Å². The van der Waals surface area contributed by atoms with Crippen LogP contribution in [0.25, 0.3) is 0 Å². The Balaban J connectivity index is 2.52. The van der Waals surface area contributed by atoms with Gasteiger partial charge in [-0.2, -0.15) is 0 Å². The van der Waals surface area contributed by atoms with Gasteiger partial charge < -0.3 is 10.1 Å². The number of hydrogen-bond donors (Lipinski definition) is 1. The number of benzene rings is 2. The van der Waals surface area contributed by atoms with Crippen molar-refractivity contribution < 1.29 is 17.9 Å². The van der Waals surface area contributed by atoms with Gasteiger partial charge in [0.2, 0.25) is 0 Å². The Kier molecular flexibility index (Phi) is 4.90. The summed E-state index contributed by atoms with van der Waals surface area (Å²) in [5.41, 5.74) is 0.713. The van der Waals surface area contributed by atoms with E-state index >= 15 is 0 Å². The minimum absolute atomic E-state index is 0.0305. The summed E-state index contributed by atoms with van der Waals surface area (Å²) in [6.07, 6.45) is 0. The molecule has 2 aromatic carbocycles. The number of hydrogen-bond acceptors (Lipinski definition) is 2. The Morgan fingerprint density at radius 2 is 1.71 bits per heavy atom. The molecule has 2 nitrogen and oxygen atoms in total. The molecule has 0 aromatic heterocycles. The monoisotopic (exact) mass is 359 g/mol. The van der Waals surface area contributed by atoms with Crippen LogP contribution in [0.1, 0.15) is 17.2 Å². The van der Waals surface area contributed by atoms with Gasteiger partial charge in [-0.05, 0) is 40.7 Å². The van der Waals surface area contributed by atoms with Crippen LogP contribution in [-0.2, 0) is 0 Å². The van der Waals surface area contributed by atoms with Gasteiger partial charge in [0.1, 0.15) is 11.6 Å². The van der Waals surface area contributed by atoms with Crippen LogP contribution in [0.3, 0.4) is 0 Å². The molecular weight excluding hydrogens is 347 g/mol. The fraction of sp³-hybridized carbons (Fsp3) is 0.200. The van der Waals surface area contributed by atoms with Crippen molar-refractivity contribution in [1.29, 1.82) is 0 Å². The highest BCUT2D eigenvalue weighted by atomic mass is 79.9. The van der Waals surface area contributed by atoms with Crippen molar-refractivity contribution in [2.45, 2.75) is 6.04 Å². The first-order valence-electron chi connectivity index (χ1n) is 6.13. The van der Waals surface area contributed by atoms with E-state index in [2.05, 4.69) is 21.2 Å². The topological polar surface area (TPSA) is 21.3 Å². The van der Waals surface area contributed by atoms with Gasteiger partial charge in [-0.1, -0.05) is 12.1 Å². The molecule has 0 aliphatic rings. The third kappa shape index (κ3) is 3.06. The first-order valence-corrected chi connectivity index (χ1v) is 6.93. The van der Waals surface area contributed by atoms with Crippen LogP contribution in [0.15, 0.2) is 34.8 Å². The quantitative estimate of drug-likeness (QED) is 0.826. The Hall–Kier alpha value is -1.53. The summed E-state index contributed by atoms with van der Waals surface area (Å²) < 4.78 is 45.9. The first kappa shape index (κ1) is 15.9. The number of nitrogens with one attached hydrogen (secondary N) is 1. The van der Waals surface area contributed by atoms with E-state index in [0.717, 1.165) is 6.07 Å². The van der Waals surface area contributed by atoms with Gasteiger partial charge in [0, 0.05) is 11.6 Å². The smallest absolute Gasteiger partial charge is 0.173 e. The Morgan fingerprint density at radius 1 is 1.05 bits per heavy atom. The lowest BCUT2D eigenvalue weighted by Gasteiger charge is -2.20. The maximum atomic E-state index is 14.2. The third-order valence-corrected chi connectivity index (χ3v) is 3.99. The lowest BCUT2D eigenvalue weighted by atomic mass is 9.98. The van der Waals surface area contributed by atoms with Gasteiger partial charge in [-0.15, -0.1) is 0 Å². The zero-order valence-corrected chi connectivity index (χ0v) is 13.0. The molecule has 0 aliphatic carbocycles. The van der Waals surface area contributed by atoms with Crippen molar-refractivity contribution in [3.05, 3.63) is 63.4 Å². The van der Waals surface area contributed by atoms with Gasteiger partial charge in [0.05, 0.1) is 17.6 Å². The van der Waals surface area contributed by atoms with Crippen LogP contribution < -0.4 is 10.1 Å². The molecule has 0 saturated heterocycles. The molecule has 0 amide bonds. The molecule has 0 fully saturated rings. The molecule has 1 N–H and O–H groups in total. The van der Waals surface area contributed by atoms with Gasteiger partial charge in [-0.25, -0.2) is 13.2 Å². The third-order valence-electron chi connectivity index (χ3n) is 3.18. The van der Waals surface area contributed by atoms with Crippen molar-refractivity contribution in [3.8, 4) is 5.75 Å². The fourth-order valence-corrected chi connectivity index (χ4v) is 2.66. The highest BCUT2D eigenvalue weighted by molar-refractivity contribution is 9.10. The second kappa shape index (κ2) is 6.49. The van der Waals surface area contributed by atoms with Crippen molar-refractivity contribution in [1.82, 2.24) is 5.32 Å². The average molecular weight is 360 g/mol. The molecule has 1 atom stereocenters. The van der Waals surface area contributed by atoms with E-state index in [0.29, 0.717) is 16.9 Å². The predicted octanol–water partition coefficient (Wildman–Crippen LogP) is 4.18. The normalized spacial score (nSPS) is 12.3. The first-order chi connectivity index (χ1) is 9.99. The molecule has 0 saturated carbocycles. The molecule has 0 radical (unpaired) electrons. The summed E-state index contributed by atoms with van der Waals surface area (Å²) in [4.78, 5) is 0. The molecule has 2 rings (SSSR count). The zero-order valence-electron chi connectivity index (χ0n) is 11.4. The predicted molar refractivity (Wildman–Crippen MR) is 77.9 cm³/mol. The summed E-state index contributed by atoms with van der Waals surface area (Å²) in [5, 5.41) is 2.90. The van der Waals surface area contributed by atoms with E-state index in [9.17, 15) is 13.2 Å². The highest BCUT2D eigenvalue weighted by Gasteiger charge is 2.22. The Labute approximate surface area is 129 Å². The largest absolute Gasteiger partial charge is 0.497 e. The lowest BCUT2D eigenvalue weighted by Crippen LogP contribution is -2.20. The summed E-state index contributed by atoms with van der Waals surface area (Å²) in [7, 11) is 3.05. The van der Waals surface area contributed by atoms with Gasteiger partial charge >= 0.3 is 0 Å². The van der Waals surface area contributed by atoms with Crippen LogP contribution in [0.4, 0.5) is 13.2 Å². The molecular formula is C15H13BrF3NO. The van der Waals surface area contributed by atoms with E-state index in [1.54, 1.807) is 19.2 Å². The van der Waals surface area contributed by atoms with Crippen molar-refractivity contribution >= 4 is 15.9 Å². The summed E-state index contributed by atoms with van der Waals surface area (Å²) in [5.74, 6) is -2.07. The summed E-state index contributed by atoms with van der Waals surface area (Å²) in [6.45, 7) is 0. The molecule has 2 aromatic rings. The van der Waals surface area contributed by atoms with E-state index < -0.39 is 23.5 Å². The minimum atomic E-state index is -0.998. The summed E-state index contributed by atoms with van der Waals surface area (Å²) >= 11 is 3.02. The van der Waals surface area contributed by atoms with Crippen LogP contribution in [0, 0.1) is 17.5 Å². The van der Waals surface area contributed by atoms with Gasteiger partial charge in [0.25, 0.3) is 0 Å². The molecule has 0 bridgehead atoms. The van der Waals surface area contributed by atoms with Crippen molar-refractivity contribution in [2.24, 2.45) is 0 Å². The fourth-order valence-electron chi connectivity index (χ4n) is 2.11. The number of methoxy groups -OCH3 is 1. The Morgan fingerprint density at radius 3 is 2.29 bits per heavy atom. The summed E-state index contributed by atoms with van der Waals surface area (Å²) in [6, 6.07) is 6.20. The molecule has 1 unspecified atom stereocenters. The van der Waals surface area contributed by atoms with E-state index in [4.69, 9.17) is 4.74 Å². The number of halogens is 4. The molecule has 6 heteroatoms. The van der Waals surface area contributed by atoms with E-state index in [1.807, 2.05) is 0 Å². The molecule has 0 spiro atoms.